The Labute approximate surface area is 131 Å². The molecule has 0 saturated carbocycles. The van der Waals surface area contributed by atoms with E-state index in [2.05, 4.69) is 25.8 Å². The summed E-state index contributed by atoms with van der Waals surface area (Å²) in [6, 6.07) is 5.27. The lowest BCUT2D eigenvalue weighted by Crippen LogP contribution is -2.37. The van der Waals surface area contributed by atoms with Crippen LogP contribution >= 0.6 is 0 Å². The van der Waals surface area contributed by atoms with E-state index in [1.54, 1.807) is 0 Å². The van der Waals surface area contributed by atoms with Crippen molar-refractivity contribution in [2.75, 3.05) is 18.0 Å². The predicted molar refractivity (Wildman–Crippen MR) is 84.8 cm³/mol. The Hall–Kier alpha value is -1.88. The Morgan fingerprint density at radius 1 is 1.09 bits per heavy atom. The van der Waals surface area contributed by atoms with Gasteiger partial charge in [-0.3, -0.25) is 4.90 Å². The molecule has 0 N–H and O–H groups in total. The Bertz CT molecular complexity index is 651. The van der Waals surface area contributed by atoms with Gasteiger partial charge in [-0.1, -0.05) is 0 Å². The second-order valence-corrected chi connectivity index (χ2v) is 6.45. The van der Waals surface area contributed by atoms with Crippen LogP contribution in [0.15, 0.2) is 28.9 Å². The molecule has 4 heterocycles. The lowest BCUT2D eigenvalue weighted by atomic mass is 10.1. The maximum atomic E-state index is 5.74. The molecule has 2 atom stereocenters. The molecule has 4 rings (SSSR count). The molecule has 2 aliphatic heterocycles. The van der Waals surface area contributed by atoms with Gasteiger partial charge in [-0.2, -0.15) is 0 Å². The zero-order valence-electron chi connectivity index (χ0n) is 13.2. The Morgan fingerprint density at radius 2 is 1.86 bits per heavy atom. The van der Waals surface area contributed by atoms with Crippen LogP contribution in [-0.2, 0) is 6.54 Å². The third-order valence-corrected chi connectivity index (χ3v) is 4.87. The highest BCUT2D eigenvalue weighted by Crippen LogP contribution is 2.34. The standard InChI is InChI=1S/C17H22N4O/c1-12-9-18-17(19-10-12)21-8-6-15-16(21)5-7-20(15)11-14-4-3-13(2)22-14/h3-4,9-10,15-16H,5-8,11H2,1-2H3. The van der Waals surface area contributed by atoms with E-state index in [1.807, 2.05) is 32.3 Å². The van der Waals surface area contributed by atoms with E-state index in [0.29, 0.717) is 12.1 Å². The lowest BCUT2D eigenvalue weighted by Gasteiger charge is -2.25. The van der Waals surface area contributed by atoms with E-state index in [4.69, 9.17) is 4.42 Å². The largest absolute Gasteiger partial charge is 0.465 e. The highest BCUT2D eigenvalue weighted by Gasteiger charge is 2.43. The number of aromatic nitrogens is 2. The first-order chi connectivity index (χ1) is 10.7. The fourth-order valence-electron chi connectivity index (χ4n) is 3.82. The number of furan rings is 1. The van der Waals surface area contributed by atoms with Crippen molar-refractivity contribution in [2.45, 2.75) is 45.3 Å². The number of fused-ring (bicyclic) bond motifs is 1. The number of rotatable bonds is 3. The van der Waals surface area contributed by atoms with Crippen molar-refractivity contribution in [3.63, 3.8) is 0 Å². The molecule has 2 saturated heterocycles. The molecule has 0 radical (unpaired) electrons. The predicted octanol–water partition coefficient (Wildman–Crippen LogP) is 2.54. The third-order valence-electron chi connectivity index (χ3n) is 4.87. The average molecular weight is 298 g/mol. The molecule has 0 aromatic carbocycles. The fraction of sp³-hybridized carbons (Fsp3) is 0.529. The Balaban J connectivity index is 1.48. The summed E-state index contributed by atoms with van der Waals surface area (Å²) in [6.07, 6.45) is 6.19. The lowest BCUT2D eigenvalue weighted by molar-refractivity contribution is 0.225. The van der Waals surface area contributed by atoms with Crippen LogP contribution in [0.1, 0.15) is 29.9 Å². The van der Waals surface area contributed by atoms with E-state index in [1.165, 1.54) is 12.8 Å². The van der Waals surface area contributed by atoms with Crippen molar-refractivity contribution in [3.05, 3.63) is 41.6 Å². The molecular formula is C17H22N4O. The second kappa shape index (κ2) is 5.39. The number of aryl methyl sites for hydroxylation is 2. The van der Waals surface area contributed by atoms with E-state index in [9.17, 15) is 0 Å². The van der Waals surface area contributed by atoms with Gasteiger partial charge < -0.3 is 9.32 Å². The van der Waals surface area contributed by atoms with E-state index < -0.39 is 0 Å². The smallest absolute Gasteiger partial charge is 0.225 e. The molecular weight excluding hydrogens is 276 g/mol. The van der Waals surface area contributed by atoms with Crippen molar-refractivity contribution in [1.29, 1.82) is 0 Å². The Kier molecular flexibility index (Phi) is 3.37. The SMILES string of the molecule is Cc1cnc(N2CCC3C2CCN3Cc2ccc(C)o2)nc1. The first kappa shape index (κ1) is 13.8. The van der Waals surface area contributed by atoms with Crippen molar-refractivity contribution in [3.8, 4) is 0 Å². The molecule has 2 aromatic heterocycles. The molecule has 0 amide bonds. The first-order valence-electron chi connectivity index (χ1n) is 8.05. The first-order valence-corrected chi connectivity index (χ1v) is 8.05. The molecule has 2 unspecified atom stereocenters. The van der Waals surface area contributed by atoms with E-state index >= 15 is 0 Å². The molecule has 5 nitrogen and oxygen atoms in total. The summed E-state index contributed by atoms with van der Waals surface area (Å²) in [5, 5.41) is 0. The van der Waals surface area contributed by atoms with Crippen LogP contribution in [0.4, 0.5) is 5.95 Å². The molecule has 0 spiro atoms. The van der Waals surface area contributed by atoms with Gasteiger partial charge in [0.05, 0.1) is 6.54 Å². The normalized spacial score (nSPS) is 24.9. The number of anilines is 1. The van der Waals surface area contributed by atoms with Gasteiger partial charge in [0.15, 0.2) is 0 Å². The van der Waals surface area contributed by atoms with Gasteiger partial charge in [0.25, 0.3) is 0 Å². The topological polar surface area (TPSA) is 45.4 Å². The molecule has 22 heavy (non-hydrogen) atoms. The second-order valence-electron chi connectivity index (χ2n) is 6.45. The van der Waals surface area contributed by atoms with Crippen molar-refractivity contribution in [2.24, 2.45) is 0 Å². The third kappa shape index (κ3) is 2.39. The van der Waals surface area contributed by atoms with Crippen LogP contribution in [0.3, 0.4) is 0 Å². The van der Waals surface area contributed by atoms with Gasteiger partial charge in [-0.05, 0) is 44.4 Å². The zero-order chi connectivity index (χ0) is 15.1. The molecule has 116 valence electrons. The van der Waals surface area contributed by atoms with E-state index in [-0.39, 0.29) is 0 Å². The fourth-order valence-corrected chi connectivity index (χ4v) is 3.82. The van der Waals surface area contributed by atoms with Gasteiger partial charge >= 0.3 is 0 Å². The van der Waals surface area contributed by atoms with Gasteiger partial charge in [0.1, 0.15) is 11.5 Å². The van der Waals surface area contributed by atoms with Crippen molar-refractivity contribution in [1.82, 2.24) is 14.9 Å². The summed E-state index contributed by atoms with van der Waals surface area (Å²) in [5.41, 5.74) is 1.11. The minimum Gasteiger partial charge on any atom is -0.465 e. The number of hydrogen-bond donors (Lipinski definition) is 0. The number of likely N-dealkylation sites (tertiary alicyclic amines) is 1. The zero-order valence-corrected chi connectivity index (χ0v) is 13.2. The van der Waals surface area contributed by atoms with Gasteiger partial charge in [-0.25, -0.2) is 9.97 Å². The minimum absolute atomic E-state index is 0.541. The molecule has 2 aliphatic rings. The molecule has 2 aromatic rings. The molecule has 2 fully saturated rings. The van der Waals surface area contributed by atoms with Gasteiger partial charge in [0, 0.05) is 37.6 Å². The highest BCUT2D eigenvalue weighted by atomic mass is 16.3. The van der Waals surface area contributed by atoms with Crippen LogP contribution in [0.25, 0.3) is 0 Å². The van der Waals surface area contributed by atoms with Crippen LogP contribution in [0, 0.1) is 13.8 Å². The summed E-state index contributed by atoms with van der Waals surface area (Å²) in [7, 11) is 0. The summed E-state index contributed by atoms with van der Waals surface area (Å²) in [5.74, 6) is 2.95. The van der Waals surface area contributed by atoms with Crippen LogP contribution < -0.4 is 4.90 Å². The molecule has 0 bridgehead atoms. The van der Waals surface area contributed by atoms with Crippen LogP contribution in [0.2, 0.25) is 0 Å². The number of hydrogen-bond acceptors (Lipinski definition) is 5. The van der Waals surface area contributed by atoms with Gasteiger partial charge in [0.2, 0.25) is 5.95 Å². The molecule has 5 heteroatoms. The summed E-state index contributed by atoms with van der Waals surface area (Å²) in [6.45, 7) is 7.11. The highest BCUT2D eigenvalue weighted by molar-refractivity contribution is 5.36. The molecule has 0 aliphatic carbocycles. The summed E-state index contributed by atoms with van der Waals surface area (Å²) < 4.78 is 5.74. The quantitative estimate of drug-likeness (QED) is 0.871. The van der Waals surface area contributed by atoms with Crippen molar-refractivity contribution >= 4 is 5.95 Å². The monoisotopic (exact) mass is 298 g/mol. The minimum atomic E-state index is 0.541. The maximum Gasteiger partial charge on any atom is 0.225 e. The van der Waals surface area contributed by atoms with Gasteiger partial charge in [-0.15, -0.1) is 0 Å². The summed E-state index contributed by atoms with van der Waals surface area (Å²) >= 11 is 0. The maximum absolute atomic E-state index is 5.74. The van der Waals surface area contributed by atoms with E-state index in [0.717, 1.165) is 42.7 Å². The van der Waals surface area contributed by atoms with Crippen molar-refractivity contribution < 1.29 is 4.42 Å². The van der Waals surface area contributed by atoms with Crippen LogP contribution in [-0.4, -0.2) is 40.0 Å². The Morgan fingerprint density at radius 3 is 2.59 bits per heavy atom. The summed E-state index contributed by atoms with van der Waals surface area (Å²) in [4.78, 5) is 14.0. The average Bonchev–Trinajstić information content (AvgIpc) is 3.19. The number of nitrogens with zero attached hydrogens (tertiary/aromatic N) is 4. The van der Waals surface area contributed by atoms with Crippen LogP contribution in [0.5, 0.6) is 0 Å².